The number of benzene rings is 1. The molecule has 1 aromatic carbocycles. The van der Waals surface area contributed by atoms with Crippen molar-refractivity contribution in [2.45, 2.75) is 20.4 Å². The van der Waals surface area contributed by atoms with Gasteiger partial charge in [0.05, 0.1) is 11.0 Å². The van der Waals surface area contributed by atoms with Crippen molar-refractivity contribution in [3.63, 3.8) is 0 Å². The lowest BCUT2D eigenvalue weighted by atomic mass is 10.1. The van der Waals surface area contributed by atoms with Crippen LogP contribution in [0.4, 0.5) is 4.39 Å². The predicted octanol–water partition coefficient (Wildman–Crippen LogP) is 1.20. The van der Waals surface area contributed by atoms with Crippen LogP contribution in [0.1, 0.15) is 19.4 Å². The number of hydrogen-bond acceptors (Lipinski definition) is 3. The summed E-state index contributed by atoms with van der Waals surface area (Å²) >= 11 is 0. The largest absolute Gasteiger partial charge is 0.316 e. The van der Waals surface area contributed by atoms with Gasteiger partial charge in [0.15, 0.2) is 0 Å². The first-order valence-corrected chi connectivity index (χ1v) is 6.22. The predicted molar refractivity (Wildman–Crippen MR) is 71.8 cm³/mol. The lowest BCUT2D eigenvalue weighted by molar-refractivity contribution is 0.296. The number of aromatic nitrogens is 2. The van der Waals surface area contributed by atoms with Gasteiger partial charge in [-0.15, -0.1) is 0 Å². The maximum Gasteiger partial charge on any atom is 0.314 e. The number of fused-ring (bicyclic) bond motifs is 1. The van der Waals surface area contributed by atoms with Crippen LogP contribution in [0.3, 0.4) is 0 Å². The normalized spacial score (nSPS) is 11.4. The summed E-state index contributed by atoms with van der Waals surface area (Å²) in [6.07, 6.45) is 0. The summed E-state index contributed by atoms with van der Waals surface area (Å²) < 4.78 is 13.6. The Morgan fingerprint density at radius 3 is 2.37 bits per heavy atom. The Bertz CT molecular complexity index is 701. The number of hydrogen-bond donors (Lipinski definition) is 2. The summed E-state index contributed by atoms with van der Waals surface area (Å²) in [7, 11) is 0. The lowest BCUT2D eigenvalue weighted by Gasteiger charge is -2.18. The van der Waals surface area contributed by atoms with Crippen molar-refractivity contribution < 1.29 is 4.39 Å². The lowest BCUT2D eigenvalue weighted by Crippen LogP contribution is -2.30. The average Bonchev–Trinajstić information content (AvgIpc) is 2.38. The van der Waals surface area contributed by atoms with Crippen LogP contribution in [0.5, 0.6) is 0 Å². The Balaban J connectivity index is 2.62. The molecule has 0 unspecified atom stereocenters. The maximum absolute atomic E-state index is 13.6. The van der Waals surface area contributed by atoms with Crippen molar-refractivity contribution in [3.05, 3.63) is 44.2 Å². The maximum atomic E-state index is 13.6. The summed E-state index contributed by atoms with van der Waals surface area (Å²) in [6.45, 7) is 6.18. The van der Waals surface area contributed by atoms with Gasteiger partial charge in [-0.2, -0.15) is 0 Å². The van der Waals surface area contributed by atoms with Gasteiger partial charge in [-0.3, -0.25) is 14.5 Å². The van der Waals surface area contributed by atoms with Gasteiger partial charge in [0.1, 0.15) is 5.82 Å². The van der Waals surface area contributed by atoms with Crippen LogP contribution in [-0.2, 0) is 6.54 Å². The molecule has 5 nitrogen and oxygen atoms in total. The Morgan fingerprint density at radius 2 is 1.74 bits per heavy atom. The first-order chi connectivity index (χ1) is 9.05. The molecule has 2 rings (SSSR count). The number of H-pyrrole nitrogens is 2. The highest BCUT2D eigenvalue weighted by Crippen LogP contribution is 2.17. The van der Waals surface area contributed by atoms with Crippen LogP contribution in [0.25, 0.3) is 11.0 Å². The second-order valence-corrected chi connectivity index (χ2v) is 4.36. The Morgan fingerprint density at radius 1 is 1.11 bits per heavy atom. The number of rotatable bonds is 4. The summed E-state index contributed by atoms with van der Waals surface area (Å²) in [5.74, 6) is -0.433. The van der Waals surface area contributed by atoms with Gasteiger partial charge in [-0.25, -0.2) is 4.39 Å². The van der Waals surface area contributed by atoms with Crippen LogP contribution < -0.4 is 11.1 Å². The number of halogens is 1. The zero-order chi connectivity index (χ0) is 14.0. The zero-order valence-electron chi connectivity index (χ0n) is 10.9. The van der Waals surface area contributed by atoms with E-state index in [1.807, 2.05) is 13.8 Å². The summed E-state index contributed by atoms with van der Waals surface area (Å²) in [5.41, 5.74) is -0.0384. The molecule has 0 atom stereocenters. The van der Waals surface area contributed by atoms with E-state index in [9.17, 15) is 14.0 Å². The van der Waals surface area contributed by atoms with Crippen LogP contribution in [0.15, 0.2) is 21.7 Å². The van der Waals surface area contributed by atoms with Crippen molar-refractivity contribution in [1.29, 1.82) is 0 Å². The third-order valence-electron chi connectivity index (χ3n) is 3.17. The van der Waals surface area contributed by atoms with Crippen LogP contribution in [-0.4, -0.2) is 28.0 Å². The number of aromatic amines is 2. The molecule has 0 spiro atoms. The van der Waals surface area contributed by atoms with E-state index in [0.29, 0.717) is 23.1 Å². The van der Waals surface area contributed by atoms with E-state index in [-0.39, 0.29) is 0 Å². The van der Waals surface area contributed by atoms with E-state index in [1.165, 1.54) is 12.1 Å². The van der Waals surface area contributed by atoms with E-state index < -0.39 is 16.9 Å². The standard InChI is InChI=1S/C13H16FN3O2/c1-3-17(4-2)7-8-5-9(14)6-10-11(8)16-13(19)12(18)15-10/h5-6H,3-4,7H2,1-2H3,(H,15,18)(H,16,19). The molecule has 0 saturated carbocycles. The van der Waals surface area contributed by atoms with Crippen LogP contribution in [0, 0.1) is 5.82 Å². The molecule has 0 amide bonds. The fourth-order valence-electron chi connectivity index (χ4n) is 2.07. The molecule has 102 valence electrons. The van der Waals surface area contributed by atoms with Gasteiger partial charge in [-0.1, -0.05) is 13.8 Å². The molecule has 0 aliphatic heterocycles. The SMILES string of the molecule is CCN(CC)Cc1cc(F)cc2[nH]c(=O)c(=O)[nH]c12. The monoisotopic (exact) mass is 265 g/mol. The molecule has 0 fully saturated rings. The van der Waals surface area contributed by atoms with Crippen molar-refractivity contribution in [2.75, 3.05) is 13.1 Å². The topological polar surface area (TPSA) is 69.0 Å². The highest BCUT2D eigenvalue weighted by atomic mass is 19.1. The summed E-state index contributed by atoms with van der Waals surface area (Å²) in [4.78, 5) is 29.6. The molecule has 1 heterocycles. The minimum atomic E-state index is -0.771. The molecular weight excluding hydrogens is 249 g/mol. The molecule has 0 saturated heterocycles. The van der Waals surface area contributed by atoms with Crippen molar-refractivity contribution in [2.24, 2.45) is 0 Å². The molecular formula is C13H16FN3O2. The molecule has 0 radical (unpaired) electrons. The van der Waals surface area contributed by atoms with Crippen molar-refractivity contribution >= 4 is 11.0 Å². The van der Waals surface area contributed by atoms with E-state index in [2.05, 4.69) is 14.9 Å². The van der Waals surface area contributed by atoms with Gasteiger partial charge in [0, 0.05) is 6.54 Å². The quantitative estimate of drug-likeness (QED) is 0.816. The van der Waals surface area contributed by atoms with E-state index >= 15 is 0 Å². The number of nitrogens with zero attached hydrogens (tertiary/aromatic N) is 1. The van der Waals surface area contributed by atoms with Gasteiger partial charge in [-0.05, 0) is 30.8 Å². The van der Waals surface area contributed by atoms with Gasteiger partial charge < -0.3 is 9.97 Å². The smallest absolute Gasteiger partial charge is 0.314 e. The fourth-order valence-corrected chi connectivity index (χ4v) is 2.07. The molecule has 0 aliphatic carbocycles. The molecule has 0 bridgehead atoms. The molecule has 19 heavy (non-hydrogen) atoms. The second kappa shape index (κ2) is 5.36. The minimum absolute atomic E-state index is 0.312. The Labute approximate surface area is 109 Å². The summed E-state index contributed by atoms with van der Waals surface area (Å²) in [6, 6.07) is 2.59. The summed E-state index contributed by atoms with van der Waals surface area (Å²) in [5, 5.41) is 0. The third-order valence-corrected chi connectivity index (χ3v) is 3.17. The minimum Gasteiger partial charge on any atom is -0.316 e. The van der Waals surface area contributed by atoms with E-state index in [1.54, 1.807) is 0 Å². The molecule has 6 heteroatoms. The fraction of sp³-hybridized carbons (Fsp3) is 0.385. The second-order valence-electron chi connectivity index (χ2n) is 4.36. The number of nitrogens with one attached hydrogen (secondary N) is 2. The first kappa shape index (κ1) is 13.5. The van der Waals surface area contributed by atoms with Crippen LogP contribution >= 0.6 is 0 Å². The molecule has 2 N–H and O–H groups in total. The van der Waals surface area contributed by atoms with E-state index in [4.69, 9.17) is 0 Å². The molecule has 2 aromatic rings. The zero-order valence-corrected chi connectivity index (χ0v) is 10.9. The van der Waals surface area contributed by atoms with Gasteiger partial charge in [0.25, 0.3) is 0 Å². The van der Waals surface area contributed by atoms with Crippen LogP contribution in [0.2, 0.25) is 0 Å². The Kier molecular flexibility index (Phi) is 3.80. The van der Waals surface area contributed by atoms with E-state index in [0.717, 1.165) is 13.1 Å². The Hall–Kier alpha value is -1.95. The third kappa shape index (κ3) is 2.73. The molecule has 0 aliphatic rings. The van der Waals surface area contributed by atoms with Gasteiger partial charge >= 0.3 is 11.1 Å². The average molecular weight is 265 g/mol. The first-order valence-electron chi connectivity index (χ1n) is 6.22. The molecule has 1 aromatic heterocycles. The highest BCUT2D eigenvalue weighted by Gasteiger charge is 2.10. The van der Waals surface area contributed by atoms with Crippen molar-refractivity contribution in [1.82, 2.24) is 14.9 Å². The van der Waals surface area contributed by atoms with Crippen molar-refractivity contribution in [3.8, 4) is 0 Å². The highest BCUT2D eigenvalue weighted by molar-refractivity contribution is 5.77. The van der Waals surface area contributed by atoms with Gasteiger partial charge in [0.2, 0.25) is 0 Å².